The largest absolute Gasteiger partial charge is 0.348 e. The Morgan fingerprint density at radius 3 is 2.50 bits per heavy atom. The van der Waals surface area contributed by atoms with Crippen molar-refractivity contribution in [3.05, 3.63) is 53.1 Å². The summed E-state index contributed by atoms with van der Waals surface area (Å²) in [6.45, 7) is 1.09. The van der Waals surface area contributed by atoms with Crippen LogP contribution in [0.3, 0.4) is 0 Å². The van der Waals surface area contributed by atoms with Crippen LogP contribution in [0.4, 0.5) is 0 Å². The molecule has 0 bridgehead atoms. The standard InChI is InChI=1S/C15H18ClN3O2S/c16-14-3-1-12(2-4-14)11-22(20,21)19-9-5-13(6-10-19)15-17-7-8-18-15/h1-4,7-8,13H,5-6,9-11H2,(H,17,18). The molecule has 1 fully saturated rings. The molecule has 2 aromatic rings. The Kier molecular flexibility index (Phi) is 4.52. The Labute approximate surface area is 135 Å². The van der Waals surface area contributed by atoms with E-state index in [1.165, 1.54) is 0 Å². The van der Waals surface area contributed by atoms with Gasteiger partial charge in [-0.15, -0.1) is 0 Å². The number of benzene rings is 1. The fourth-order valence-corrected chi connectivity index (χ4v) is 4.48. The number of nitrogens with zero attached hydrogens (tertiary/aromatic N) is 2. The summed E-state index contributed by atoms with van der Waals surface area (Å²) in [5.41, 5.74) is 0.762. The number of rotatable bonds is 4. The molecule has 1 aromatic heterocycles. The van der Waals surface area contributed by atoms with Gasteiger partial charge in [-0.3, -0.25) is 0 Å². The highest BCUT2D eigenvalue weighted by Gasteiger charge is 2.29. The van der Waals surface area contributed by atoms with E-state index >= 15 is 0 Å². The maximum absolute atomic E-state index is 12.5. The number of sulfonamides is 1. The average molecular weight is 340 g/mol. The van der Waals surface area contributed by atoms with Crippen LogP contribution in [-0.4, -0.2) is 35.8 Å². The van der Waals surface area contributed by atoms with Crippen LogP contribution in [0, 0.1) is 0 Å². The molecular weight excluding hydrogens is 322 g/mol. The van der Waals surface area contributed by atoms with Crippen LogP contribution in [0.5, 0.6) is 0 Å². The number of aromatic amines is 1. The van der Waals surface area contributed by atoms with Gasteiger partial charge in [-0.25, -0.2) is 17.7 Å². The van der Waals surface area contributed by atoms with E-state index in [1.807, 2.05) is 0 Å². The van der Waals surface area contributed by atoms with Gasteiger partial charge in [0.2, 0.25) is 10.0 Å². The lowest BCUT2D eigenvalue weighted by atomic mass is 9.98. The predicted octanol–water partition coefficient (Wildman–Crippen LogP) is 2.77. The van der Waals surface area contributed by atoms with Gasteiger partial charge in [0.25, 0.3) is 0 Å². The first-order valence-electron chi connectivity index (χ1n) is 7.26. The molecule has 1 aliphatic rings. The molecule has 1 saturated heterocycles. The fourth-order valence-electron chi connectivity index (χ4n) is 2.79. The van der Waals surface area contributed by atoms with Crippen molar-refractivity contribution in [2.75, 3.05) is 13.1 Å². The van der Waals surface area contributed by atoms with E-state index in [-0.39, 0.29) is 5.75 Å². The molecule has 1 N–H and O–H groups in total. The number of hydrogen-bond acceptors (Lipinski definition) is 3. The van der Waals surface area contributed by atoms with Crippen LogP contribution in [0.15, 0.2) is 36.7 Å². The maximum atomic E-state index is 12.5. The molecule has 3 rings (SSSR count). The van der Waals surface area contributed by atoms with Crippen molar-refractivity contribution in [3.63, 3.8) is 0 Å². The normalized spacial score (nSPS) is 17.7. The van der Waals surface area contributed by atoms with Gasteiger partial charge in [0.15, 0.2) is 0 Å². The minimum absolute atomic E-state index is 0.0234. The summed E-state index contributed by atoms with van der Waals surface area (Å²) < 4.78 is 26.6. The van der Waals surface area contributed by atoms with Gasteiger partial charge in [0, 0.05) is 36.4 Å². The second kappa shape index (κ2) is 6.40. The fraction of sp³-hybridized carbons (Fsp3) is 0.400. The Morgan fingerprint density at radius 2 is 1.91 bits per heavy atom. The number of hydrogen-bond donors (Lipinski definition) is 1. The van der Waals surface area contributed by atoms with Gasteiger partial charge in [-0.2, -0.15) is 0 Å². The monoisotopic (exact) mass is 339 g/mol. The summed E-state index contributed by atoms with van der Waals surface area (Å²) in [5.74, 6) is 1.29. The number of nitrogens with one attached hydrogen (secondary N) is 1. The van der Waals surface area contributed by atoms with Crippen molar-refractivity contribution >= 4 is 21.6 Å². The topological polar surface area (TPSA) is 66.1 Å². The van der Waals surface area contributed by atoms with Crippen molar-refractivity contribution in [2.24, 2.45) is 0 Å². The summed E-state index contributed by atoms with van der Waals surface area (Å²) in [4.78, 5) is 7.38. The lowest BCUT2D eigenvalue weighted by Crippen LogP contribution is -2.38. The first kappa shape index (κ1) is 15.5. The zero-order valence-corrected chi connectivity index (χ0v) is 13.6. The molecule has 0 amide bonds. The highest BCUT2D eigenvalue weighted by Crippen LogP contribution is 2.27. The molecule has 0 aliphatic carbocycles. The van der Waals surface area contributed by atoms with Crippen molar-refractivity contribution < 1.29 is 8.42 Å². The molecular formula is C15H18ClN3O2S. The van der Waals surface area contributed by atoms with E-state index in [9.17, 15) is 8.42 Å². The molecule has 118 valence electrons. The van der Waals surface area contributed by atoms with Crippen LogP contribution in [-0.2, 0) is 15.8 Å². The Hall–Kier alpha value is -1.37. The molecule has 1 aliphatic heterocycles. The lowest BCUT2D eigenvalue weighted by molar-refractivity contribution is 0.314. The third-order valence-electron chi connectivity index (χ3n) is 4.02. The van der Waals surface area contributed by atoms with Crippen molar-refractivity contribution in [3.8, 4) is 0 Å². The van der Waals surface area contributed by atoms with Gasteiger partial charge in [-0.05, 0) is 30.5 Å². The van der Waals surface area contributed by atoms with Crippen molar-refractivity contribution in [1.82, 2.24) is 14.3 Å². The van der Waals surface area contributed by atoms with Gasteiger partial charge in [-0.1, -0.05) is 23.7 Å². The third-order valence-corrected chi connectivity index (χ3v) is 6.12. The highest BCUT2D eigenvalue weighted by atomic mass is 35.5. The molecule has 7 heteroatoms. The number of halogens is 1. The van der Waals surface area contributed by atoms with E-state index < -0.39 is 10.0 Å². The Bertz CT molecular complexity index is 706. The number of imidazole rings is 1. The zero-order chi connectivity index (χ0) is 15.6. The van der Waals surface area contributed by atoms with E-state index in [4.69, 9.17) is 11.6 Å². The first-order valence-corrected chi connectivity index (χ1v) is 9.25. The molecule has 22 heavy (non-hydrogen) atoms. The minimum atomic E-state index is -3.28. The minimum Gasteiger partial charge on any atom is -0.348 e. The number of piperidine rings is 1. The van der Waals surface area contributed by atoms with Crippen molar-refractivity contribution in [1.29, 1.82) is 0 Å². The Morgan fingerprint density at radius 1 is 1.23 bits per heavy atom. The molecule has 0 unspecified atom stereocenters. The van der Waals surface area contributed by atoms with Gasteiger partial charge < -0.3 is 4.98 Å². The Balaban J connectivity index is 1.63. The van der Waals surface area contributed by atoms with E-state index in [1.54, 1.807) is 41.0 Å². The molecule has 0 radical (unpaired) electrons. The van der Waals surface area contributed by atoms with Crippen LogP contribution in [0.1, 0.15) is 30.1 Å². The highest BCUT2D eigenvalue weighted by molar-refractivity contribution is 7.88. The predicted molar refractivity (Wildman–Crippen MR) is 86.2 cm³/mol. The van der Waals surface area contributed by atoms with Crippen LogP contribution in [0.2, 0.25) is 5.02 Å². The summed E-state index contributed by atoms with van der Waals surface area (Å²) in [6, 6.07) is 6.95. The lowest BCUT2D eigenvalue weighted by Gasteiger charge is -2.30. The molecule has 2 heterocycles. The van der Waals surface area contributed by atoms with E-state index in [2.05, 4.69) is 9.97 Å². The molecule has 0 spiro atoms. The second-order valence-electron chi connectivity index (χ2n) is 5.53. The maximum Gasteiger partial charge on any atom is 0.218 e. The summed E-state index contributed by atoms with van der Waals surface area (Å²) in [7, 11) is -3.28. The van der Waals surface area contributed by atoms with Crippen LogP contribution in [0.25, 0.3) is 0 Å². The third kappa shape index (κ3) is 3.51. The molecule has 5 nitrogen and oxygen atoms in total. The smallest absolute Gasteiger partial charge is 0.218 e. The van der Waals surface area contributed by atoms with Crippen LogP contribution >= 0.6 is 11.6 Å². The van der Waals surface area contributed by atoms with E-state index in [0.717, 1.165) is 24.2 Å². The number of aromatic nitrogens is 2. The van der Waals surface area contributed by atoms with Crippen LogP contribution < -0.4 is 0 Å². The average Bonchev–Trinajstić information content (AvgIpc) is 3.04. The van der Waals surface area contributed by atoms with Crippen molar-refractivity contribution in [2.45, 2.75) is 24.5 Å². The SMILES string of the molecule is O=S(=O)(Cc1ccc(Cl)cc1)N1CCC(c2ncc[nH]2)CC1. The molecule has 0 saturated carbocycles. The quantitative estimate of drug-likeness (QED) is 0.931. The number of H-pyrrole nitrogens is 1. The molecule has 0 atom stereocenters. The molecule has 1 aromatic carbocycles. The summed E-state index contributed by atoms with van der Waals surface area (Å²) >= 11 is 5.83. The zero-order valence-electron chi connectivity index (χ0n) is 12.1. The van der Waals surface area contributed by atoms with E-state index in [0.29, 0.717) is 24.0 Å². The second-order valence-corrected chi connectivity index (χ2v) is 7.94. The summed E-state index contributed by atoms with van der Waals surface area (Å²) in [5, 5.41) is 0.611. The van der Waals surface area contributed by atoms with Gasteiger partial charge in [0.1, 0.15) is 5.82 Å². The first-order chi connectivity index (χ1) is 10.5. The van der Waals surface area contributed by atoms with Gasteiger partial charge in [0.05, 0.1) is 5.75 Å². The van der Waals surface area contributed by atoms with Gasteiger partial charge >= 0.3 is 0 Å². The summed E-state index contributed by atoms with van der Waals surface area (Å²) in [6.07, 6.45) is 5.14.